The van der Waals surface area contributed by atoms with Gasteiger partial charge in [-0.25, -0.2) is 12.8 Å². The van der Waals surface area contributed by atoms with E-state index in [-0.39, 0.29) is 29.5 Å². The molecular weight excluding hydrogens is 564 g/mol. The molecule has 7 nitrogen and oxygen atoms in total. The molecule has 0 radical (unpaired) electrons. The SMILES string of the molecule is CCNC(=O)[C@@H](CC)N(Cc1ccc(Cl)cc1Cl)C(=O)CN(c1ccc(C)cc1)S(=O)(=O)c1ccc(F)cc1. The highest BCUT2D eigenvalue weighted by molar-refractivity contribution is 7.92. The summed E-state index contributed by atoms with van der Waals surface area (Å²) in [6, 6.07) is 14.9. The van der Waals surface area contributed by atoms with Crippen molar-refractivity contribution in [3.8, 4) is 0 Å². The van der Waals surface area contributed by atoms with Gasteiger partial charge in [-0.2, -0.15) is 0 Å². The second kappa shape index (κ2) is 13.3. The monoisotopic (exact) mass is 593 g/mol. The van der Waals surface area contributed by atoms with E-state index < -0.39 is 34.3 Å². The van der Waals surface area contributed by atoms with Crippen LogP contribution in [-0.2, 0) is 26.2 Å². The molecule has 2 amide bonds. The molecule has 0 heterocycles. The number of hydrogen-bond donors (Lipinski definition) is 1. The molecule has 0 aliphatic rings. The summed E-state index contributed by atoms with van der Waals surface area (Å²) in [5, 5.41) is 3.46. The molecule has 0 spiro atoms. The van der Waals surface area contributed by atoms with Gasteiger partial charge in [0.15, 0.2) is 0 Å². The molecule has 0 unspecified atom stereocenters. The number of sulfonamides is 1. The van der Waals surface area contributed by atoms with Crippen molar-refractivity contribution < 1.29 is 22.4 Å². The summed E-state index contributed by atoms with van der Waals surface area (Å²) in [4.78, 5) is 28.0. The summed E-state index contributed by atoms with van der Waals surface area (Å²) < 4.78 is 42.0. The average molecular weight is 595 g/mol. The maximum atomic E-state index is 13.9. The molecule has 0 bridgehead atoms. The first-order chi connectivity index (χ1) is 18.5. The molecule has 0 aliphatic carbocycles. The molecule has 0 aromatic heterocycles. The third-order valence-electron chi connectivity index (χ3n) is 6.10. The molecule has 3 aromatic carbocycles. The van der Waals surface area contributed by atoms with Crippen molar-refractivity contribution in [3.63, 3.8) is 0 Å². The Labute approximate surface area is 238 Å². The summed E-state index contributed by atoms with van der Waals surface area (Å²) in [7, 11) is -4.29. The zero-order chi connectivity index (χ0) is 28.7. The van der Waals surface area contributed by atoms with Crippen LogP contribution in [0.25, 0.3) is 0 Å². The molecule has 208 valence electrons. The number of likely N-dealkylation sites (N-methyl/N-ethyl adjacent to an activating group) is 1. The second-order valence-electron chi connectivity index (χ2n) is 8.88. The van der Waals surface area contributed by atoms with E-state index in [4.69, 9.17) is 23.2 Å². The van der Waals surface area contributed by atoms with Crippen molar-refractivity contribution in [2.45, 2.75) is 44.7 Å². The highest BCUT2D eigenvalue weighted by atomic mass is 35.5. The number of anilines is 1. The fraction of sp³-hybridized carbons (Fsp3) is 0.286. The van der Waals surface area contributed by atoms with Gasteiger partial charge in [0, 0.05) is 23.1 Å². The van der Waals surface area contributed by atoms with Gasteiger partial charge in [-0.05, 0) is 74.4 Å². The first-order valence-electron chi connectivity index (χ1n) is 12.3. The molecule has 1 atom stereocenters. The summed E-state index contributed by atoms with van der Waals surface area (Å²) in [5.74, 6) is -1.59. The third kappa shape index (κ3) is 7.50. The Kier molecular flexibility index (Phi) is 10.4. The minimum absolute atomic E-state index is 0.0528. The number of aryl methyl sites for hydroxylation is 1. The van der Waals surface area contributed by atoms with Crippen LogP contribution in [0.2, 0.25) is 10.0 Å². The van der Waals surface area contributed by atoms with Crippen LogP contribution in [0.5, 0.6) is 0 Å². The van der Waals surface area contributed by atoms with Crippen LogP contribution in [0.3, 0.4) is 0 Å². The molecule has 39 heavy (non-hydrogen) atoms. The fourth-order valence-corrected chi connectivity index (χ4v) is 5.90. The van der Waals surface area contributed by atoms with Crippen molar-refractivity contribution in [1.82, 2.24) is 10.2 Å². The summed E-state index contributed by atoms with van der Waals surface area (Å²) in [6.07, 6.45) is 0.276. The van der Waals surface area contributed by atoms with Crippen LogP contribution < -0.4 is 9.62 Å². The number of halogens is 3. The minimum atomic E-state index is -4.29. The maximum absolute atomic E-state index is 13.9. The number of amides is 2. The first kappa shape index (κ1) is 30.4. The lowest BCUT2D eigenvalue weighted by Crippen LogP contribution is -2.52. The van der Waals surface area contributed by atoms with Crippen LogP contribution in [0, 0.1) is 12.7 Å². The standard InChI is InChI=1S/C28H30Cl2FN3O4S/c1-4-26(28(36)32-5-2)33(17-20-8-9-21(29)16-25(20)30)27(35)18-34(23-12-6-19(3)7-13-23)39(37,38)24-14-10-22(31)11-15-24/h6-16,26H,4-5,17-18H2,1-3H3,(H,32,36)/t26-/m1/s1. The lowest BCUT2D eigenvalue weighted by molar-refractivity contribution is -0.140. The highest BCUT2D eigenvalue weighted by Gasteiger charge is 2.33. The number of carbonyl (C=O) groups excluding carboxylic acids is 2. The number of rotatable bonds is 11. The van der Waals surface area contributed by atoms with E-state index in [0.29, 0.717) is 22.2 Å². The zero-order valence-electron chi connectivity index (χ0n) is 21.8. The number of carbonyl (C=O) groups is 2. The quantitative estimate of drug-likeness (QED) is 0.314. The van der Waals surface area contributed by atoms with Crippen LogP contribution in [0.4, 0.5) is 10.1 Å². The van der Waals surface area contributed by atoms with E-state index in [1.54, 1.807) is 50.2 Å². The van der Waals surface area contributed by atoms with Crippen molar-refractivity contribution in [3.05, 3.63) is 93.7 Å². The number of benzene rings is 3. The lowest BCUT2D eigenvalue weighted by Gasteiger charge is -2.33. The maximum Gasteiger partial charge on any atom is 0.264 e. The number of hydrogen-bond acceptors (Lipinski definition) is 4. The van der Waals surface area contributed by atoms with Gasteiger partial charge in [0.25, 0.3) is 10.0 Å². The molecule has 3 rings (SSSR count). The summed E-state index contributed by atoms with van der Waals surface area (Å²) in [6.45, 7) is 5.07. The Morgan fingerprint density at radius 2 is 1.62 bits per heavy atom. The predicted molar refractivity (Wildman–Crippen MR) is 152 cm³/mol. The molecule has 0 saturated carbocycles. The van der Waals surface area contributed by atoms with Crippen LogP contribution in [-0.4, -0.2) is 44.3 Å². The Morgan fingerprint density at radius 1 is 0.974 bits per heavy atom. The number of nitrogens with one attached hydrogen (secondary N) is 1. The van der Waals surface area contributed by atoms with E-state index in [1.807, 2.05) is 6.92 Å². The molecule has 11 heteroatoms. The Hall–Kier alpha value is -3.14. The smallest absolute Gasteiger partial charge is 0.264 e. The van der Waals surface area contributed by atoms with E-state index in [2.05, 4.69) is 5.32 Å². The van der Waals surface area contributed by atoms with Gasteiger partial charge in [-0.15, -0.1) is 0 Å². The van der Waals surface area contributed by atoms with Gasteiger partial charge in [-0.3, -0.25) is 13.9 Å². The van der Waals surface area contributed by atoms with Crippen molar-refractivity contribution >= 4 is 50.7 Å². The molecular formula is C28H30Cl2FN3O4S. The van der Waals surface area contributed by atoms with Crippen molar-refractivity contribution in [2.75, 3.05) is 17.4 Å². The highest BCUT2D eigenvalue weighted by Crippen LogP contribution is 2.27. The zero-order valence-corrected chi connectivity index (χ0v) is 24.2. The normalized spacial score (nSPS) is 12.1. The minimum Gasteiger partial charge on any atom is -0.355 e. The van der Waals surface area contributed by atoms with Crippen LogP contribution in [0.1, 0.15) is 31.4 Å². The van der Waals surface area contributed by atoms with Gasteiger partial charge in [0.05, 0.1) is 10.6 Å². The summed E-state index contributed by atoms with van der Waals surface area (Å²) in [5.41, 5.74) is 1.68. The van der Waals surface area contributed by atoms with Crippen molar-refractivity contribution in [2.24, 2.45) is 0 Å². The predicted octanol–water partition coefficient (Wildman–Crippen LogP) is 5.58. The topological polar surface area (TPSA) is 86.8 Å². The Bertz CT molecular complexity index is 1420. The average Bonchev–Trinajstić information content (AvgIpc) is 2.89. The lowest BCUT2D eigenvalue weighted by atomic mass is 10.1. The van der Waals surface area contributed by atoms with Gasteiger partial charge in [0.2, 0.25) is 11.8 Å². The molecule has 0 aliphatic heterocycles. The van der Waals surface area contributed by atoms with Crippen LogP contribution >= 0.6 is 23.2 Å². The van der Waals surface area contributed by atoms with Gasteiger partial charge in [0.1, 0.15) is 18.4 Å². The summed E-state index contributed by atoms with van der Waals surface area (Å²) >= 11 is 12.4. The molecule has 0 fully saturated rings. The molecule has 1 N–H and O–H groups in total. The Morgan fingerprint density at radius 3 is 2.18 bits per heavy atom. The Balaban J connectivity index is 2.07. The van der Waals surface area contributed by atoms with Gasteiger partial charge in [-0.1, -0.05) is 53.9 Å². The van der Waals surface area contributed by atoms with Gasteiger partial charge < -0.3 is 10.2 Å². The molecule has 3 aromatic rings. The second-order valence-corrected chi connectivity index (χ2v) is 11.6. The fourth-order valence-electron chi connectivity index (χ4n) is 4.02. The van der Waals surface area contributed by atoms with Crippen LogP contribution in [0.15, 0.2) is 71.6 Å². The number of nitrogens with zero attached hydrogens (tertiary/aromatic N) is 2. The largest absolute Gasteiger partial charge is 0.355 e. The van der Waals surface area contributed by atoms with E-state index >= 15 is 0 Å². The first-order valence-corrected chi connectivity index (χ1v) is 14.5. The van der Waals surface area contributed by atoms with Crippen molar-refractivity contribution in [1.29, 1.82) is 0 Å². The third-order valence-corrected chi connectivity index (χ3v) is 8.47. The molecule has 0 saturated heterocycles. The van der Waals surface area contributed by atoms with Gasteiger partial charge >= 0.3 is 0 Å². The van der Waals surface area contributed by atoms with E-state index in [1.165, 1.54) is 11.0 Å². The van der Waals surface area contributed by atoms with E-state index in [9.17, 15) is 22.4 Å². The van der Waals surface area contributed by atoms with E-state index in [0.717, 1.165) is 34.1 Å².